The minimum Gasteiger partial charge on any atom is -0.481 e. The maximum absolute atomic E-state index is 12.0. The summed E-state index contributed by atoms with van der Waals surface area (Å²) in [6.07, 6.45) is 0. The Balaban J connectivity index is 2.21. The number of amides is 1. The summed E-state index contributed by atoms with van der Waals surface area (Å²) < 4.78 is 0. The van der Waals surface area contributed by atoms with Crippen LogP contribution in [-0.4, -0.2) is 48.6 Å². The van der Waals surface area contributed by atoms with E-state index in [0.717, 1.165) is 11.3 Å². The predicted octanol–water partition coefficient (Wildman–Crippen LogP) is 1.15. The molecule has 19 heavy (non-hydrogen) atoms. The lowest BCUT2D eigenvalue weighted by Gasteiger charge is -2.22. The highest BCUT2D eigenvalue weighted by Crippen LogP contribution is 2.35. The van der Waals surface area contributed by atoms with E-state index in [1.54, 1.807) is 11.9 Å². The molecule has 5 heteroatoms. The molecule has 0 radical (unpaired) electrons. The first-order valence-corrected chi connectivity index (χ1v) is 6.35. The number of anilines is 1. The second-order valence-electron chi connectivity index (χ2n) is 4.74. The van der Waals surface area contributed by atoms with Gasteiger partial charge in [0.1, 0.15) is 5.92 Å². The van der Waals surface area contributed by atoms with Crippen LogP contribution >= 0.6 is 0 Å². The van der Waals surface area contributed by atoms with E-state index in [0.29, 0.717) is 13.1 Å². The average molecular weight is 262 g/mol. The topological polar surface area (TPSA) is 60.9 Å². The highest BCUT2D eigenvalue weighted by molar-refractivity contribution is 5.87. The molecule has 1 heterocycles. The summed E-state index contributed by atoms with van der Waals surface area (Å²) in [6, 6.07) is 7.39. The molecule has 0 aromatic heterocycles. The highest BCUT2D eigenvalue weighted by Gasteiger charge is 2.34. The molecule has 0 fully saturated rings. The van der Waals surface area contributed by atoms with Crippen molar-refractivity contribution in [2.75, 3.05) is 31.6 Å². The van der Waals surface area contributed by atoms with Crippen LogP contribution in [0.4, 0.5) is 5.69 Å². The van der Waals surface area contributed by atoms with Crippen molar-refractivity contribution in [3.63, 3.8) is 0 Å². The van der Waals surface area contributed by atoms with Crippen LogP contribution < -0.4 is 4.90 Å². The van der Waals surface area contributed by atoms with Crippen molar-refractivity contribution in [3.8, 4) is 0 Å². The lowest BCUT2D eigenvalue weighted by molar-refractivity contribution is -0.138. The van der Waals surface area contributed by atoms with Crippen LogP contribution in [-0.2, 0) is 9.59 Å². The van der Waals surface area contributed by atoms with Crippen LogP contribution in [0.15, 0.2) is 24.3 Å². The minimum absolute atomic E-state index is 0.00309. The number of fused-ring (bicyclic) bond motifs is 1. The number of hydrogen-bond donors (Lipinski definition) is 1. The first kappa shape index (κ1) is 13.4. The summed E-state index contributed by atoms with van der Waals surface area (Å²) in [7, 11) is 1.75. The molecule has 5 nitrogen and oxygen atoms in total. The monoisotopic (exact) mass is 262 g/mol. The molecule has 1 amide bonds. The van der Waals surface area contributed by atoms with Gasteiger partial charge >= 0.3 is 5.97 Å². The number of carbonyl (C=O) groups excluding carboxylic acids is 1. The quantitative estimate of drug-likeness (QED) is 0.884. The molecular formula is C14H18N2O3. The van der Waals surface area contributed by atoms with Crippen molar-refractivity contribution in [2.45, 2.75) is 12.8 Å². The second kappa shape index (κ2) is 5.30. The van der Waals surface area contributed by atoms with Gasteiger partial charge in [-0.3, -0.25) is 9.59 Å². The third-order valence-corrected chi connectivity index (χ3v) is 3.58. The zero-order chi connectivity index (χ0) is 14.0. The summed E-state index contributed by atoms with van der Waals surface area (Å²) in [5.41, 5.74) is 1.65. The SMILES string of the molecule is CCN(C)C(=O)CN1CC(C(=O)O)c2ccccc21. The van der Waals surface area contributed by atoms with Crippen molar-refractivity contribution in [3.05, 3.63) is 29.8 Å². The van der Waals surface area contributed by atoms with Gasteiger partial charge in [-0.25, -0.2) is 0 Å². The molecule has 0 saturated heterocycles. The number of benzene rings is 1. The fourth-order valence-electron chi connectivity index (χ4n) is 2.31. The van der Waals surface area contributed by atoms with Gasteiger partial charge < -0.3 is 14.9 Å². The molecule has 1 N–H and O–H groups in total. The highest BCUT2D eigenvalue weighted by atomic mass is 16.4. The molecule has 1 aromatic carbocycles. The lowest BCUT2D eigenvalue weighted by Crippen LogP contribution is -2.38. The summed E-state index contributed by atoms with van der Waals surface area (Å²) >= 11 is 0. The maximum Gasteiger partial charge on any atom is 0.312 e. The van der Waals surface area contributed by atoms with Crippen LogP contribution in [0.3, 0.4) is 0 Å². The Morgan fingerprint density at radius 1 is 1.42 bits per heavy atom. The summed E-state index contributed by atoms with van der Waals surface area (Å²) in [5.74, 6) is -1.38. The number of likely N-dealkylation sites (N-methyl/N-ethyl adjacent to an activating group) is 1. The third-order valence-electron chi connectivity index (χ3n) is 3.58. The molecule has 0 aliphatic carbocycles. The Morgan fingerprint density at radius 2 is 2.11 bits per heavy atom. The Kier molecular flexibility index (Phi) is 3.74. The van der Waals surface area contributed by atoms with Crippen LogP contribution in [0, 0.1) is 0 Å². The molecule has 0 spiro atoms. The number of carboxylic acids is 1. The zero-order valence-corrected chi connectivity index (χ0v) is 11.2. The van der Waals surface area contributed by atoms with Crippen LogP contribution in [0.5, 0.6) is 0 Å². The standard InChI is InChI=1S/C14H18N2O3/c1-3-15(2)13(17)9-16-8-11(14(18)19)10-6-4-5-7-12(10)16/h4-7,11H,3,8-9H2,1-2H3,(H,18,19). The van der Waals surface area contributed by atoms with Crippen molar-refractivity contribution < 1.29 is 14.7 Å². The van der Waals surface area contributed by atoms with Gasteiger partial charge in [0.05, 0.1) is 6.54 Å². The van der Waals surface area contributed by atoms with Gasteiger partial charge in [-0.1, -0.05) is 18.2 Å². The van der Waals surface area contributed by atoms with E-state index in [1.165, 1.54) is 0 Å². The Hall–Kier alpha value is -2.04. The Labute approximate surface area is 112 Å². The number of hydrogen-bond acceptors (Lipinski definition) is 3. The molecule has 1 aliphatic heterocycles. The van der Waals surface area contributed by atoms with Crippen LogP contribution in [0.2, 0.25) is 0 Å². The molecular weight excluding hydrogens is 244 g/mol. The Morgan fingerprint density at radius 3 is 2.74 bits per heavy atom. The average Bonchev–Trinajstić information content (AvgIpc) is 2.77. The van der Waals surface area contributed by atoms with Crippen molar-refractivity contribution in [2.24, 2.45) is 0 Å². The molecule has 1 unspecified atom stereocenters. The fourth-order valence-corrected chi connectivity index (χ4v) is 2.31. The van der Waals surface area contributed by atoms with Gasteiger partial charge in [-0.05, 0) is 18.6 Å². The number of para-hydroxylation sites is 1. The first-order valence-electron chi connectivity index (χ1n) is 6.35. The molecule has 0 saturated carbocycles. The molecule has 102 valence electrons. The first-order chi connectivity index (χ1) is 9.04. The van der Waals surface area contributed by atoms with E-state index < -0.39 is 11.9 Å². The van der Waals surface area contributed by atoms with E-state index >= 15 is 0 Å². The molecule has 0 bridgehead atoms. The van der Waals surface area contributed by atoms with Crippen molar-refractivity contribution in [1.29, 1.82) is 0 Å². The number of nitrogens with zero attached hydrogens (tertiary/aromatic N) is 2. The summed E-state index contributed by atoms with van der Waals surface area (Å²) in [4.78, 5) is 26.7. The van der Waals surface area contributed by atoms with Crippen molar-refractivity contribution >= 4 is 17.6 Å². The van der Waals surface area contributed by atoms with Crippen LogP contribution in [0.1, 0.15) is 18.4 Å². The number of rotatable bonds is 4. The molecule has 1 atom stereocenters. The van der Waals surface area contributed by atoms with E-state index in [1.807, 2.05) is 36.1 Å². The van der Waals surface area contributed by atoms with E-state index in [-0.39, 0.29) is 12.5 Å². The second-order valence-corrected chi connectivity index (χ2v) is 4.74. The predicted molar refractivity (Wildman–Crippen MR) is 72.3 cm³/mol. The normalized spacial score (nSPS) is 17.2. The van der Waals surface area contributed by atoms with Gasteiger partial charge in [0, 0.05) is 25.8 Å². The van der Waals surface area contributed by atoms with Crippen LogP contribution in [0.25, 0.3) is 0 Å². The third kappa shape index (κ3) is 2.54. The summed E-state index contributed by atoms with van der Waals surface area (Å²) in [5, 5.41) is 9.25. The smallest absolute Gasteiger partial charge is 0.312 e. The van der Waals surface area contributed by atoms with Gasteiger partial charge in [0.25, 0.3) is 0 Å². The van der Waals surface area contributed by atoms with E-state index in [2.05, 4.69) is 0 Å². The number of carboxylic acid groups (broad SMARTS) is 1. The van der Waals surface area contributed by atoms with Gasteiger partial charge in [0.15, 0.2) is 0 Å². The Bertz CT molecular complexity index is 501. The lowest BCUT2D eigenvalue weighted by atomic mass is 10.0. The van der Waals surface area contributed by atoms with Gasteiger partial charge in [-0.15, -0.1) is 0 Å². The minimum atomic E-state index is -0.841. The van der Waals surface area contributed by atoms with E-state index in [4.69, 9.17) is 0 Å². The van der Waals surface area contributed by atoms with Gasteiger partial charge in [-0.2, -0.15) is 0 Å². The summed E-state index contributed by atoms with van der Waals surface area (Å²) in [6.45, 7) is 3.15. The van der Waals surface area contributed by atoms with Gasteiger partial charge in [0.2, 0.25) is 5.91 Å². The maximum atomic E-state index is 12.0. The molecule has 1 aromatic rings. The van der Waals surface area contributed by atoms with Crippen molar-refractivity contribution in [1.82, 2.24) is 4.90 Å². The largest absolute Gasteiger partial charge is 0.481 e. The molecule has 1 aliphatic rings. The number of carbonyl (C=O) groups is 2. The van der Waals surface area contributed by atoms with E-state index in [9.17, 15) is 14.7 Å². The zero-order valence-electron chi connectivity index (χ0n) is 11.2. The molecule has 2 rings (SSSR count). The fraction of sp³-hybridized carbons (Fsp3) is 0.429. The number of aliphatic carboxylic acids is 1.